The van der Waals surface area contributed by atoms with Crippen molar-refractivity contribution >= 4 is 17.5 Å². The van der Waals surface area contributed by atoms with Crippen LogP contribution in [0.2, 0.25) is 5.02 Å². The molecule has 122 valence electrons. The summed E-state index contributed by atoms with van der Waals surface area (Å²) in [5, 5.41) is 3.49. The first-order chi connectivity index (χ1) is 11.0. The number of hydrogen-bond acceptors (Lipinski definition) is 3. The van der Waals surface area contributed by atoms with E-state index in [0.717, 1.165) is 18.4 Å². The summed E-state index contributed by atoms with van der Waals surface area (Å²) in [5.41, 5.74) is 0.811. The molecule has 2 aromatic rings. The molecule has 2 rings (SSSR count). The number of aromatic amines is 1. The van der Waals surface area contributed by atoms with Crippen LogP contribution in [0.25, 0.3) is 11.4 Å². The Bertz CT molecular complexity index is 725. The lowest BCUT2D eigenvalue weighted by Gasteiger charge is -2.12. The molecule has 1 amide bonds. The number of hydrogen-bond donors (Lipinski definition) is 2. The number of carbonyl (C=O) groups is 1. The molecule has 2 N–H and O–H groups in total. The zero-order valence-corrected chi connectivity index (χ0v) is 14.0. The van der Waals surface area contributed by atoms with Crippen molar-refractivity contribution in [2.24, 2.45) is 0 Å². The van der Waals surface area contributed by atoms with Gasteiger partial charge in [0.05, 0.1) is 6.42 Å². The highest BCUT2D eigenvalue weighted by Gasteiger charge is 2.11. The first kappa shape index (κ1) is 17.2. The van der Waals surface area contributed by atoms with E-state index in [2.05, 4.69) is 22.2 Å². The van der Waals surface area contributed by atoms with Crippen LogP contribution >= 0.6 is 11.6 Å². The summed E-state index contributed by atoms with van der Waals surface area (Å²) in [6, 6.07) is 7.12. The number of carbonyl (C=O) groups excluding carboxylic acids is 1. The Balaban J connectivity index is 2.09. The minimum absolute atomic E-state index is 0.0251. The average molecular weight is 334 g/mol. The third kappa shape index (κ3) is 4.93. The fraction of sp³-hybridized carbons (Fsp3) is 0.353. The Morgan fingerprint density at radius 2 is 2.04 bits per heavy atom. The number of amides is 1. The predicted molar refractivity (Wildman–Crippen MR) is 91.5 cm³/mol. The maximum absolute atomic E-state index is 12.1. The molecule has 1 heterocycles. The summed E-state index contributed by atoms with van der Waals surface area (Å²) in [6.45, 7) is 4.01. The monoisotopic (exact) mass is 333 g/mol. The minimum Gasteiger partial charge on any atom is -0.353 e. The number of halogens is 1. The predicted octanol–water partition coefficient (Wildman–Crippen LogP) is 2.94. The molecule has 5 nitrogen and oxygen atoms in total. The zero-order valence-electron chi connectivity index (χ0n) is 13.2. The van der Waals surface area contributed by atoms with Crippen LogP contribution in [0.15, 0.2) is 35.3 Å². The van der Waals surface area contributed by atoms with E-state index in [4.69, 9.17) is 11.6 Å². The highest BCUT2D eigenvalue weighted by atomic mass is 35.5. The van der Waals surface area contributed by atoms with Gasteiger partial charge < -0.3 is 10.3 Å². The molecule has 1 aromatic carbocycles. The van der Waals surface area contributed by atoms with Crippen LogP contribution in [0.1, 0.15) is 32.3 Å². The second-order valence-corrected chi connectivity index (χ2v) is 5.96. The van der Waals surface area contributed by atoms with Gasteiger partial charge >= 0.3 is 0 Å². The van der Waals surface area contributed by atoms with Crippen LogP contribution in [-0.4, -0.2) is 21.9 Å². The van der Waals surface area contributed by atoms with Gasteiger partial charge in [-0.2, -0.15) is 0 Å². The number of benzene rings is 1. The highest BCUT2D eigenvalue weighted by Crippen LogP contribution is 2.16. The summed E-state index contributed by atoms with van der Waals surface area (Å²) in [4.78, 5) is 31.0. The Morgan fingerprint density at radius 1 is 1.35 bits per heavy atom. The van der Waals surface area contributed by atoms with E-state index >= 15 is 0 Å². The number of nitrogens with one attached hydrogen (secondary N) is 2. The van der Waals surface area contributed by atoms with E-state index < -0.39 is 0 Å². The Kier molecular flexibility index (Phi) is 5.93. The molecule has 6 heteroatoms. The summed E-state index contributed by atoms with van der Waals surface area (Å²) >= 11 is 5.84. The lowest BCUT2D eigenvalue weighted by atomic mass is 10.1. The second-order valence-electron chi connectivity index (χ2n) is 5.53. The van der Waals surface area contributed by atoms with Crippen LogP contribution in [0.3, 0.4) is 0 Å². The van der Waals surface area contributed by atoms with Gasteiger partial charge in [-0.15, -0.1) is 0 Å². The molecule has 0 spiro atoms. The van der Waals surface area contributed by atoms with Gasteiger partial charge in [-0.05, 0) is 37.6 Å². The van der Waals surface area contributed by atoms with Crippen molar-refractivity contribution in [1.29, 1.82) is 0 Å². The SMILES string of the molecule is CCC[C@H](C)NC(=O)Cc1cnc(-c2ccc(Cl)cc2)[nH]c1=O. The molecule has 1 aromatic heterocycles. The van der Waals surface area contributed by atoms with Crippen LogP contribution < -0.4 is 10.9 Å². The third-order valence-electron chi connectivity index (χ3n) is 3.47. The van der Waals surface area contributed by atoms with Gasteiger partial charge in [-0.1, -0.05) is 24.9 Å². The van der Waals surface area contributed by atoms with Crippen LogP contribution in [-0.2, 0) is 11.2 Å². The standard InChI is InChI=1S/C17H20ClN3O2/c1-3-4-11(2)20-15(22)9-13-10-19-16(21-17(13)23)12-5-7-14(18)8-6-12/h5-8,10-11H,3-4,9H2,1-2H3,(H,20,22)(H,19,21,23)/t11-/m0/s1. The molecule has 0 fully saturated rings. The molecule has 23 heavy (non-hydrogen) atoms. The Morgan fingerprint density at radius 3 is 2.65 bits per heavy atom. The van der Waals surface area contributed by atoms with Gasteiger partial charge in [-0.25, -0.2) is 4.98 Å². The smallest absolute Gasteiger partial charge is 0.254 e. The maximum Gasteiger partial charge on any atom is 0.254 e. The fourth-order valence-corrected chi connectivity index (χ4v) is 2.43. The van der Waals surface area contributed by atoms with Crippen LogP contribution in [0.4, 0.5) is 0 Å². The number of H-pyrrole nitrogens is 1. The Labute approximate surface area is 140 Å². The van der Waals surface area contributed by atoms with Crippen molar-refractivity contribution in [3.8, 4) is 11.4 Å². The Hall–Kier alpha value is -2.14. The number of rotatable bonds is 6. The quantitative estimate of drug-likeness (QED) is 0.853. The average Bonchev–Trinajstić information content (AvgIpc) is 2.50. The van der Waals surface area contributed by atoms with Crippen molar-refractivity contribution < 1.29 is 4.79 Å². The van der Waals surface area contributed by atoms with E-state index in [1.807, 2.05) is 6.92 Å². The van der Waals surface area contributed by atoms with Crippen molar-refractivity contribution in [3.63, 3.8) is 0 Å². The first-order valence-electron chi connectivity index (χ1n) is 7.63. The van der Waals surface area contributed by atoms with E-state index in [0.29, 0.717) is 16.4 Å². The number of aromatic nitrogens is 2. The van der Waals surface area contributed by atoms with Crippen molar-refractivity contribution in [2.75, 3.05) is 0 Å². The molecule has 0 aliphatic rings. The van der Waals surface area contributed by atoms with Gasteiger partial charge in [0.15, 0.2) is 0 Å². The summed E-state index contributed by atoms with van der Waals surface area (Å²) < 4.78 is 0. The maximum atomic E-state index is 12.1. The molecule has 0 saturated carbocycles. The van der Waals surface area contributed by atoms with Crippen LogP contribution in [0, 0.1) is 0 Å². The van der Waals surface area contributed by atoms with Gasteiger partial charge in [0.25, 0.3) is 5.56 Å². The molecular weight excluding hydrogens is 314 g/mol. The highest BCUT2D eigenvalue weighted by molar-refractivity contribution is 6.30. The van der Waals surface area contributed by atoms with Crippen molar-refractivity contribution in [1.82, 2.24) is 15.3 Å². The van der Waals surface area contributed by atoms with Gasteiger partial charge in [0.2, 0.25) is 5.91 Å². The molecule has 0 unspecified atom stereocenters. The molecule has 0 radical (unpaired) electrons. The van der Waals surface area contributed by atoms with E-state index in [-0.39, 0.29) is 23.9 Å². The second kappa shape index (κ2) is 7.92. The lowest BCUT2D eigenvalue weighted by Crippen LogP contribution is -2.34. The van der Waals surface area contributed by atoms with Gasteiger partial charge in [0, 0.05) is 28.4 Å². The number of nitrogens with zero attached hydrogens (tertiary/aromatic N) is 1. The fourth-order valence-electron chi connectivity index (χ4n) is 2.31. The van der Waals surface area contributed by atoms with Crippen molar-refractivity contribution in [2.45, 2.75) is 39.2 Å². The third-order valence-corrected chi connectivity index (χ3v) is 3.72. The first-order valence-corrected chi connectivity index (χ1v) is 8.01. The largest absolute Gasteiger partial charge is 0.353 e. The summed E-state index contributed by atoms with van der Waals surface area (Å²) in [5.74, 6) is 0.285. The van der Waals surface area contributed by atoms with Crippen molar-refractivity contribution in [3.05, 3.63) is 51.4 Å². The molecule has 0 saturated heterocycles. The van der Waals surface area contributed by atoms with Gasteiger partial charge in [-0.3, -0.25) is 9.59 Å². The van der Waals surface area contributed by atoms with E-state index in [9.17, 15) is 9.59 Å². The normalized spacial score (nSPS) is 12.0. The van der Waals surface area contributed by atoms with E-state index in [1.54, 1.807) is 24.3 Å². The van der Waals surface area contributed by atoms with E-state index in [1.165, 1.54) is 6.20 Å². The molecular formula is C17H20ClN3O2. The molecule has 0 bridgehead atoms. The lowest BCUT2D eigenvalue weighted by molar-refractivity contribution is -0.121. The van der Waals surface area contributed by atoms with Crippen LogP contribution in [0.5, 0.6) is 0 Å². The summed E-state index contributed by atoms with van der Waals surface area (Å²) in [7, 11) is 0. The topological polar surface area (TPSA) is 74.8 Å². The zero-order chi connectivity index (χ0) is 16.8. The minimum atomic E-state index is -0.303. The molecule has 1 atom stereocenters. The molecule has 0 aliphatic carbocycles. The van der Waals surface area contributed by atoms with Gasteiger partial charge in [0.1, 0.15) is 5.82 Å². The molecule has 0 aliphatic heterocycles. The summed E-state index contributed by atoms with van der Waals surface area (Å²) in [6.07, 6.45) is 3.39.